The minimum atomic E-state index is -0.571. The molecular weight excluding hydrogens is 564 g/mol. The summed E-state index contributed by atoms with van der Waals surface area (Å²) in [4.78, 5) is 54.3. The molecule has 12 heteroatoms. The van der Waals surface area contributed by atoms with E-state index in [0.29, 0.717) is 37.3 Å². The fraction of sp³-hybridized carbons (Fsp3) is 0.250. The lowest BCUT2D eigenvalue weighted by Crippen LogP contribution is -2.43. The third-order valence-corrected chi connectivity index (χ3v) is 7.75. The molecule has 0 spiro atoms. The van der Waals surface area contributed by atoms with Crippen LogP contribution in [0.3, 0.4) is 0 Å². The normalized spacial score (nSPS) is 18.1. The Labute approximate surface area is 252 Å². The number of anilines is 2. The SMILES string of the molecule is O=C(Nc1ccc(/C=C/c2ccc(NC(=O)[C@@H]3CCCN3C(=O)c3ccno3)cc2)cc1)[C@@H]1CCCN1C(=O)c1ccno1. The van der Waals surface area contributed by atoms with E-state index in [1.165, 1.54) is 34.3 Å². The summed E-state index contributed by atoms with van der Waals surface area (Å²) in [5, 5.41) is 13.0. The van der Waals surface area contributed by atoms with Gasteiger partial charge in [-0.2, -0.15) is 0 Å². The van der Waals surface area contributed by atoms with E-state index >= 15 is 0 Å². The maximum absolute atomic E-state index is 12.9. The summed E-state index contributed by atoms with van der Waals surface area (Å²) in [5.41, 5.74) is 3.13. The molecule has 2 aliphatic rings. The van der Waals surface area contributed by atoms with E-state index in [1.807, 2.05) is 60.7 Å². The molecule has 2 saturated heterocycles. The monoisotopic (exact) mass is 594 g/mol. The number of aromatic nitrogens is 2. The van der Waals surface area contributed by atoms with Crippen molar-refractivity contribution in [3.63, 3.8) is 0 Å². The maximum atomic E-state index is 12.9. The van der Waals surface area contributed by atoms with Gasteiger partial charge in [0.2, 0.25) is 23.3 Å². The van der Waals surface area contributed by atoms with Crippen LogP contribution in [0.5, 0.6) is 0 Å². The highest BCUT2D eigenvalue weighted by Gasteiger charge is 2.37. The molecule has 2 aromatic carbocycles. The third kappa shape index (κ3) is 6.28. The van der Waals surface area contributed by atoms with Crippen LogP contribution in [-0.4, -0.2) is 68.9 Å². The third-order valence-electron chi connectivity index (χ3n) is 7.75. The summed E-state index contributed by atoms with van der Waals surface area (Å²) in [5.74, 6) is -0.929. The summed E-state index contributed by atoms with van der Waals surface area (Å²) in [6.07, 6.45) is 9.33. The maximum Gasteiger partial charge on any atom is 0.293 e. The van der Waals surface area contributed by atoms with Gasteiger partial charge in [0.25, 0.3) is 11.8 Å². The lowest BCUT2D eigenvalue weighted by atomic mass is 10.1. The number of carbonyl (C=O) groups excluding carboxylic acids is 4. The second-order valence-electron chi connectivity index (χ2n) is 10.6. The number of amides is 4. The molecule has 2 atom stereocenters. The molecule has 0 radical (unpaired) electrons. The van der Waals surface area contributed by atoms with Gasteiger partial charge in [-0.15, -0.1) is 0 Å². The van der Waals surface area contributed by atoms with Gasteiger partial charge in [-0.25, -0.2) is 0 Å². The smallest absolute Gasteiger partial charge is 0.293 e. The molecule has 4 amide bonds. The van der Waals surface area contributed by atoms with Crippen molar-refractivity contribution in [3.05, 3.63) is 95.7 Å². The zero-order valence-corrected chi connectivity index (χ0v) is 23.7. The molecule has 4 heterocycles. The van der Waals surface area contributed by atoms with E-state index in [9.17, 15) is 19.2 Å². The van der Waals surface area contributed by atoms with E-state index < -0.39 is 12.1 Å². The summed E-state index contributed by atoms with van der Waals surface area (Å²) in [7, 11) is 0. The van der Waals surface area contributed by atoms with Crippen LogP contribution in [0.1, 0.15) is 57.9 Å². The van der Waals surface area contributed by atoms with E-state index in [-0.39, 0.29) is 35.1 Å². The number of carbonyl (C=O) groups is 4. The lowest BCUT2D eigenvalue weighted by Gasteiger charge is -2.22. The topological polar surface area (TPSA) is 151 Å². The molecule has 2 fully saturated rings. The van der Waals surface area contributed by atoms with Crippen molar-refractivity contribution in [2.75, 3.05) is 23.7 Å². The predicted octanol–water partition coefficient (Wildman–Crippen LogP) is 4.32. The van der Waals surface area contributed by atoms with Crippen molar-refractivity contribution in [2.24, 2.45) is 0 Å². The largest absolute Gasteiger partial charge is 0.351 e. The second-order valence-corrected chi connectivity index (χ2v) is 10.6. The van der Waals surface area contributed by atoms with E-state index in [4.69, 9.17) is 9.05 Å². The summed E-state index contributed by atoms with van der Waals surface area (Å²) >= 11 is 0. The molecule has 2 N–H and O–H groups in total. The van der Waals surface area contributed by atoms with Gasteiger partial charge >= 0.3 is 0 Å². The Morgan fingerprint density at radius 2 is 1.05 bits per heavy atom. The number of benzene rings is 2. The minimum absolute atomic E-state index is 0.119. The first-order valence-electron chi connectivity index (χ1n) is 14.4. The molecule has 0 aliphatic carbocycles. The average molecular weight is 595 g/mol. The Balaban J connectivity index is 1.01. The Kier molecular flexibility index (Phi) is 8.30. The van der Waals surface area contributed by atoms with Gasteiger partial charge in [-0.05, 0) is 61.1 Å². The number of hydrogen-bond donors (Lipinski definition) is 2. The van der Waals surface area contributed by atoms with Gasteiger partial charge in [0.15, 0.2) is 0 Å². The second kappa shape index (κ2) is 12.8. The van der Waals surface area contributed by atoms with Crippen molar-refractivity contribution in [1.82, 2.24) is 20.1 Å². The molecular formula is C32H30N6O6. The minimum Gasteiger partial charge on any atom is -0.351 e. The fourth-order valence-corrected chi connectivity index (χ4v) is 5.50. The Morgan fingerprint density at radius 3 is 1.41 bits per heavy atom. The van der Waals surface area contributed by atoms with Gasteiger partial charge in [0.1, 0.15) is 12.1 Å². The van der Waals surface area contributed by atoms with Crippen molar-refractivity contribution in [3.8, 4) is 0 Å². The molecule has 0 unspecified atom stereocenters. The van der Waals surface area contributed by atoms with Crippen LogP contribution in [0.2, 0.25) is 0 Å². The first-order valence-corrected chi connectivity index (χ1v) is 14.4. The van der Waals surface area contributed by atoms with Crippen LogP contribution in [-0.2, 0) is 9.59 Å². The molecule has 44 heavy (non-hydrogen) atoms. The standard InChI is InChI=1S/C32H30N6O6/c39-29(25-3-1-19-37(25)31(41)27-15-17-33-43-27)35-23-11-7-21(8-12-23)5-6-22-9-13-24(14-10-22)36-30(40)26-4-2-20-38(26)32(42)28-16-18-34-44-28/h5-18,25-26H,1-4,19-20H2,(H,35,39)(H,36,40)/b6-5+/t25-,26-/m0/s1. The van der Waals surface area contributed by atoms with Gasteiger partial charge in [-0.1, -0.05) is 46.7 Å². The molecule has 0 saturated carbocycles. The van der Waals surface area contributed by atoms with Crippen molar-refractivity contribution in [2.45, 2.75) is 37.8 Å². The first kappa shape index (κ1) is 28.6. The van der Waals surface area contributed by atoms with Gasteiger partial charge < -0.3 is 29.5 Å². The van der Waals surface area contributed by atoms with E-state index in [1.54, 1.807) is 0 Å². The predicted molar refractivity (Wildman–Crippen MR) is 160 cm³/mol. The van der Waals surface area contributed by atoms with Gasteiger partial charge in [0, 0.05) is 36.6 Å². The quantitative estimate of drug-likeness (QED) is 0.286. The Morgan fingerprint density at radius 1 is 0.636 bits per heavy atom. The molecule has 4 aromatic rings. The molecule has 2 aliphatic heterocycles. The van der Waals surface area contributed by atoms with Crippen molar-refractivity contribution in [1.29, 1.82) is 0 Å². The molecule has 2 aromatic heterocycles. The summed E-state index contributed by atoms with van der Waals surface area (Å²) in [6.45, 7) is 0.971. The zero-order valence-electron chi connectivity index (χ0n) is 23.7. The lowest BCUT2D eigenvalue weighted by molar-refractivity contribution is -0.120. The van der Waals surface area contributed by atoms with Gasteiger partial charge in [-0.3, -0.25) is 19.2 Å². The van der Waals surface area contributed by atoms with Crippen LogP contribution in [0.4, 0.5) is 11.4 Å². The molecule has 0 bridgehead atoms. The highest BCUT2D eigenvalue weighted by molar-refractivity contribution is 6.01. The number of hydrogen-bond acceptors (Lipinski definition) is 8. The van der Waals surface area contributed by atoms with Gasteiger partial charge in [0.05, 0.1) is 12.4 Å². The van der Waals surface area contributed by atoms with Crippen LogP contribution < -0.4 is 10.6 Å². The van der Waals surface area contributed by atoms with Crippen molar-refractivity contribution >= 4 is 47.2 Å². The number of likely N-dealkylation sites (tertiary alicyclic amines) is 2. The molecule has 12 nitrogen and oxygen atoms in total. The summed E-state index contributed by atoms with van der Waals surface area (Å²) in [6, 6.07) is 16.6. The average Bonchev–Trinajstić information content (AvgIpc) is 3.88. The van der Waals surface area contributed by atoms with Crippen molar-refractivity contribution < 1.29 is 28.2 Å². The van der Waals surface area contributed by atoms with Crippen LogP contribution in [0, 0.1) is 0 Å². The highest BCUT2D eigenvalue weighted by atomic mass is 16.5. The highest BCUT2D eigenvalue weighted by Crippen LogP contribution is 2.24. The van der Waals surface area contributed by atoms with E-state index in [0.717, 1.165) is 24.0 Å². The Hall–Kier alpha value is -5.52. The van der Waals surface area contributed by atoms with Crippen LogP contribution >= 0.6 is 0 Å². The molecule has 6 rings (SSSR count). The molecule has 224 valence electrons. The first-order chi connectivity index (χ1) is 21.5. The van der Waals surface area contributed by atoms with Crippen LogP contribution in [0.15, 0.2) is 82.1 Å². The number of rotatable bonds is 8. The zero-order chi connectivity index (χ0) is 30.5. The Bertz CT molecular complexity index is 1520. The number of nitrogens with zero attached hydrogens (tertiary/aromatic N) is 4. The number of nitrogens with one attached hydrogen (secondary N) is 2. The van der Waals surface area contributed by atoms with Crippen LogP contribution in [0.25, 0.3) is 12.2 Å². The summed E-state index contributed by atoms with van der Waals surface area (Å²) < 4.78 is 9.94. The van der Waals surface area contributed by atoms with E-state index in [2.05, 4.69) is 20.9 Å². The fourth-order valence-electron chi connectivity index (χ4n) is 5.50.